The molecule has 1 aromatic rings. The van der Waals surface area contributed by atoms with Gasteiger partial charge in [-0.25, -0.2) is 9.97 Å². The van der Waals surface area contributed by atoms with Gasteiger partial charge in [0, 0.05) is 33.9 Å². The Balaban J connectivity index is 2.67. The molecule has 0 bridgehead atoms. The number of carbonyl (C=O) groups excluding carboxylic acids is 1. The summed E-state index contributed by atoms with van der Waals surface area (Å²) in [6.45, 7) is 3.02. The normalized spacial score (nSPS) is 11.8. The monoisotopic (exact) mass is 297 g/mol. The van der Waals surface area contributed by atoms with Crippen LogP contribution in [0.2, 0.25) is 0 Å². The molecule has 8 heteroatoms. The molecule has 0 fully saturated rings. The number of aromatic nitrogens is 2. The minimum atomic E-state index is -0.420. The number of methoxy groups -OCH3 is 2. The van der Waals surface area contributed by atoms with Gasteiger partial charge in [0.1, 0.15) is 24.3 Å². The van der Waals surface area contributed by atoms with Crippen molar-refractivity contribution < 1.29 is 14.3 Å². The first-order chi connectivity index (χ1) is 10.1. The van der Waals surface area contributed by atoms with Crippen LogP contribution in [0.1, 0.15) is 12.7 Å². The molecule has 1 rings (SSSR count). The van der Waals surface area contributed by atoms with E-state index in [9.17, 15) is 4.79 Å². The van der Waals surface area contributed by atoms with Gasteiger partial charge in [-0.1, -0.05) is 0 Å². The molecule has 1 heterocycles. The van der Waals surface area contributed by atoms with E-state index < -0.39 is 6.04 Å². The van der Waals surface area contributed by atoms with Crippen LogP contribution in [0.4, 0.5) is 11.6 Å². The van der Waals surface area contributed by atoms with Crippen LogP contribution in [-0.4, -0.2) is 56.3 Å². The summed E-state index contributed by atoms with van der Waals surface area (Å²) in [6.07, 6.45) is 0. The lowest BCUT2D eigenvalue weighted by atomic mass is 10.3. The molecule has 0 aliphatic heterocycles. The van der Waals surface area contributed by atoms with E-state index in [1.165, 1.54) is 0 Å². The van der Waals surface area contributed by atoms with Crippen LogP contribution < -0.4 is 16.0 Å². The molecule has 1 atom stereocenters. The maximum absolute atomic E-state index is 11.9. The Morgan fingerprint density at radius 2 is 2.00 bits per heavy atom. The zero-order valence-corrected chi connectivity index (χ0v) is 12.9. The predicted molar refractivity (Wildman–Crippen MR) is 80.3 cm³/mol. The number of anilines is 2. The second-order valence-corrected chi connectivity index (χ2v) is 4.39. The highest BCUT2D eigenvalue weighted by Gasteiger charge is 2.13. The third-order valence-electron chi connectivity index (χ3n) is 2.67. The second kappa shape index (κ2) is 9.09. The van der Waals surface area contributed by atoms with Gasteiger partial charge >= 0.3 is 0 Å². The van der Waals surface area contributed by atoms with Gasteiger partial charge in [-0.15, -0.1) is 0 Å². The van der Waals surface area contributed by atoms with Gasteiger partial charge in [0.15, 0.2) is 5.82 Å². The van der Waals surface area contributed by atoms with Crippen LogP contribution in [0.5, 0.6) is 0 Å². The lowest BCUT2D eigenvalue weighted by Crippen LogP contribution is -2.39. The summed E-state index contributed by atoms with van der Waals surface area (Å²) in [4.78, 5) is 20.4. The summed E-state index contributed by atoms with van der Waals surface area (Å²) < 4.78 is 9.91. The molecular formula is C13H23N5O3. The van der Waals surface area contributed by atoms with E-state index in [-0.39, 0.29) is 5.91 Å². The van der Waals surface area contributed by atoms with Crippen molar-refractivity contribution in [3.8, 4) is 0 Å². The Bertz CT molecular complexity index is 455. The minimum Gasteiger partial charge on any atom is -0.383 e. The third kappa shape index (κ3) is 5.92. The maximum atomic E-state index is 11.9. The van der Waals surface area contributed by atoms with Gasteiger partial charge in [0.2, 0.25) is 5.91 Å². The van der Waals surface area contributed by atoms with Crippen molar-refractivity contribution in [3.63, 3.8) is 0 Å². The van der Waals surface area contributed by atoms with E-state index in [4.69, 9.17) is 9.47 Å². The number of nitrogens with one attached hydrogen (secondary N) is 3. The Kier molecular flexibility index (Phi) is 7.41. The van der Waals surface area contributed by atoms with E-state index in [2.05, 4.69) is 25.9 Å². The van der Waals surface area contributed by atoms with Gasteiger partial charge in [-0.05, 0) is 6.92 Å². The van der Waals surface area contributed by atoms with Gasteiger partial charge in [0.25, 0.3) is 0 Å². The van der Waals surface area contributed by atoms with Crippen molar-refractivity contribution in [1.29, 1.82) is 0 Å². The molecule has 3 N–H and O–H groups in total. The van der Waals surface area contributed by atoms with Crippen molar-refractivity contribution in [3.05, 3.63) is 11.9 Å². The van der Waals surface area contributed by atoms with Crippen molar-refractivity contribution in [2.24, 2.45) is 0 Å². The summed E-state index contributed by atoms with van der Waals surface area (Å²) in [5, 5.41) is 8.75. The SMILES string of the molecule is CNc1cc(NC(C)C(=O)NCCOC)nc(COC)n1. The molecule has 118 valence electrons. The van der Waals surface area contributed by atoms with Crippen LogP contribution in [0.3, 0.4) is 0 Å². The number of nitrogens with zero attached hydrogens (tertiary/aromatic N) is 2. The van der Waals surface area contributed by atoms with E-state index in [0.29, 0.717) is 37.2 Å². The number of carbonyl (C=O) groups is 1. The number of hydrogen-bond acceptors (Lipinski definition) is 7. The summed E-state index contributed by atoms with van der Waals surface area (Å²) >= 11 is 0. The first-order valence-corrected chi connectivity index (χ1v) is 6.68. The molecule has 1 unspecified atom stereocenters. The van der Waals surface area contributed by atoms with Crippen molar-refractivity contribution >= 4 is 17.5 Å². The zero-order valence-electron chi connectivity index (χ0n) is 12.9. The number of rotatable bonds is 9. The first kappa shape index (κ1) is 17.1. The Morgan fingerprint density at radius 3 is 2.62 bits per heavy atom. The number of amides is 1. The van der Waals surface area contributed by atoms with E-state index >= 15 is 0 Å². The van der Waals surface area contributed by atoms with E-state index in [1.54, 1.807) is 34.3 Å². The van der Waals surface area contributed by atoms with Crippen molar-refractivity contribution in [1.82, 2.24) is 15.3 Å². The average Bonchev–Trinajstić information content (AvgIpc) is 2.47. The van der Waals surface area contributed by atoms with Crippen LogP contribution >= 0.6 is 0 Å². The second-order valence-electron chi connectivity index (χ2n) is 4.39. The van der Waals surface area contributed by atoms with Crippen LogP contribution in [0.15, 0.2) is 6.07 Å². The maximum Gasteiger partial charge on any atom is 0.242 e. The standard InChI is InChI=1S/C13H23N5O3/c1-9(13(19)15-5-6-20-3)16-11-7-10(14-2)17-12(18-11)8-21-4/h7,9H,5-6,8H2,1-4H3,(H,15,19)(H2,14,16,17,18). The summed E-state index contributed by atoms with van der Waals surface area (Å²) in [5.41, 5.74) is 0. The Labute approximate surface area is 124 Å². The molecule has 1 aromatic heterocycles. The van der Waals surface area contributed by atoms with Gasteiger partial charge < -0.3 is 25.4 Å². The molecule has 0 saturated carbocycles. The molecule has 21 heavy (non-hydrogen) atoms. The third-order valence-corrected chi connectivity index (χ3v) is 2.67. The predicted octanol–water partition coefficient (Wildman–Crippen LogP) is 0.228. The number of ether oxygens (including phenoxy) is 2. The highest BCUT2D eigenvalue weighted by atomic mass is 16.5. The first-order valence-electron chi connectivity index (χ1n) is 6.68. The lowest BCUT2D eigenvalue weighted by molar-refractivity contribution is -0.121. The lowest BCUT2D eigenvalue weighted by Gasteiger charge is -2.15. The van der Waals surface area contributed by atoms with Crippen molar-refractivity contribution in [2.45, 2.75) is 19.6 Å². The minimum absolute atomic E-state index is 0.120. The van der Waals surface area contributed by atoms with Gasteiger partial charge in [-0.3, -0.25) is 4.79 Å². The van der Waals surface area contributed by atoms with E-state index in [0.717, 1.165) is 0 Å². The van der Waals surface area contributed by atoms with Crippen LogP contribution in [0, 0.1) is 0 Å². The van der Waals surface area contributed by atoms with Crippen LogP contribution in [0.25, 0.3) is 0 Å². The van der Waals surface area contributed by atoms with E-state index in [1.807, 2.05) is 0 Å². The molecule has 0 aliphatic rings. The molecule has 0 aromatic carbocycles. The summed E-state index contributed by atoms with van der Waals surface area (Å²) in [5.74, 6) is 1.64. The topological polar surface area (TPSA) is 97.4 Å². The highest BCUT2D eigenvalue weighted by Crippen LogP contribution is 2.12. The fourth-order valence-corrected chi connectivity index (χ4v) is 1.61. The fraction of sp³-hybridized carbons (Fsp3) is 0.615. The molecule has 0 spiro atoms. The summed E-state index contributed by atoms with van der Waals surface area (Å²) in [6, 6.07) is 1.31. The quantitative estimate of drug-likeness (QED) is 0.561. The smallest absolute Gasteiger partial charge is 0.242 e. The largest absolute Gasteiger partial charge is 0.383 e. The average molecular weight is 297 g/mol. The van der Waals surface area contributed by atoms with Crippen molar-refractivity contribution in [2.75, 3.05) is 45.1 Å². The number of hydrogen-bond donors (Lipinski definition) is 3. The Morgan fingerprint density at radius 1 is 1.29 bits per heavy atom. The summed E-state index contributed by atoms with van der Waals surface area (Å²) in [7, 11) is 4.93. The zero-order chi connectivity index (χ0) is 15.7. The fourth-order valence-electron chi connectivity index (χ4n) is 1.61. The van der Waals surface area contributed by atoms with Crippen LogP contribution in [-0.2, 0) is 20.9 Å². The van der Waals surface area contributed by atoms with Gasteiger partial charge in [-0.2, -0.15) is 0 Å². The molecule has 8 nitrogen and oxygen atoms in total. The molecule has 0 radical (unpaired) electrons. The Hall–Kier alpha value is -1.93. The molecule has 0 saturated heterocycles. The van der Waals surface area contributed by atoms with Gasteiger partial charge in [0.05, 0.1) is 6.61 Å². The molecule has 0 aliphatic carbocycles. The highest BCUT2D eigenvalue weighted by molar-refractivity contribution is 5.83. The molecular weight excluding hydrogens is 274 g/mol. The molecule has 1 amide bonds.